The highest BCUT2D eigenvalue weighted by atomic mass is 35.5. The molecule has 0 unspecified atom stereocenters. The maximum Gasteiger partial charge on any atom is 0.264 e. The number of para-hydroxylation sites is 1. The fourth-order valence-electron chi connectivity index (χ4n) is 4.20. The van der Waals surface area contributed by atoms with Crippen LogP contribution in [0, 0.1) is 0 Å². The minimum atomic E-state index is 0.00648. The van der Waals surface area contributed by atoms with E-state index >= 15 is 0 Å². The zero-order valence-electron chi connectivity index (χ0n) is 18.8. The van der Waals surface area contributed by atoms with Crippen molar-refractivity contribution >= 4 is 58.3 Å². The molecule has 32 heavy (non-hydrogen) atoms. The van der Waals surface area contributed by atoms with Gasteiger partial charge in [0.05, 0.1) is 15.0 Å². The summed E-state index contributed by atoms with van der Waals surface area (Å²) in [5.74, 6) is 0.844. The molecule has 4 nitrogen and oxygen atoms in total. The first-order valence-electron chi connectivity index (χ1n) is 10.9. The maximum absolute atomic E-state index is 13.3. The van der Waals surface area contributed by atoms with Crippen LogP contribution in [-0.2, 0) is 4.79 Å². The Labute approximate surface area is 205 Å². The summed E-state index contributed by atoms with van der Waals surface area (Å²) in [4.78, 5) is 20.8. The third-order valence-corrected chi connectivity index (χ3v) is 7.76. The fraction of sp³-hybridized carbons (Fsp3) is 0.400. The minimum absolute atomic E-state index is 0.00648. The Hall–Kier alpha value is -1.66. The molecule has 0 aliphatic carbocycles. The summed E-state index contributed by atoms with van der Waals surface area (Å²) in [6, 6.07) is 13.7. The molecule has 0 saturated carbocycles. The van der Waals surface area contributed by atoms with Gasteiger partial charge >= 0.3 is 0 Å². The Kier molecular flexibility index (Phi) is 7.11. The Morgan fingerprint density at radius 3 is 2.34 bits per heavy atom. The molecule has 1 amide bonds. The van der Waals surface area contributed by atoms with E-state index < -0.39 is 0 Å². The first kappa shape index (κ1) is 23.5. The van der Waals surface area contributed by atoms with Crippen LogP contribution in [0.25, 0.3) is 6.08 Å². The van der Waals surface area contributed by atoms with Gasteiger partial charge in [0.15, 0.2) is 0 Å². The van der Waals surface area contributed by atoms with Gasteiger partial charge in [-0.05, 0) is 56.7 Å². The van der Waals surface area contributed by atoms with E-state index in [1.807, 2.05) is 18.2 Å². The molecule has 170 valence electrons. The van der Waals surface area contributed by atoms with Crippen LogP contribution in [-0.4, -0.2) is 54.8 Å². The molecule has 2 heterocycles. The average Bonchev–Trinajstić information content (AvgIpc) is 2.77. The first-order valence-corrected chi connectivity index (χ1v) is 12.7. The number of nitrogens with zero attached hydrogens (tertiary/aromatic N) is 3. The smallest absolute Gasteiger partial charge is 0.264 e. The maximum atomic E-state index is 13.3. The van der Waals surface area contributed by atoms with Crippen LogP contribution in [0.3, 0.4) is 0 Å². The van der Waals surface area contributed by atoms with Crippen LogP contribution in [0.15, 0.2) is 47.4 Å². The lowest BCUT2D eigenvalue weighted by atomic mass is 10.0. The molecule has 2 saturated heterocycles. The summed E-state index contributed by atoms with van der Waals surface area (Å²) < 4.78 is 0. The number of thioether (sulfide) groups is 1. The van der Waals surface area contributed by atoms with Gasteiger partial charge in [0.2, 0.25) is 0 Å². The molecule has 7 heteroatoms. The molecule has 0 bridgehead atoms. The molecule has 0 radical (unpaired) electrons. The van der Waals surface area contributed by atoms with Crippen molar-refractivity contribution in [1.29, 1.82) is 0 Å². The molecular weight excluding hydrogens is 461 g/mol. The van der Waals surface area contributed by atoms with Crippen LogP contribution in [0.4, 0.5) is 11.4 Å². The van der Waals surface area contributed by atoms with E-state index in [1.165, 1.54) is 5.69 Å². The first-order chi connectivity index (χ1) is 15.2. The lowest BCUT2D eigenvalue weighted by Crippen LogP contribution is -2.53. The van der Waals surface area contributed by atoms with Crippen molar-refractivity contribution in [2.75, 3.05) is 48.3 Å². The third-order valence-electron chi connectivity index (χ3n) is 6.04. The van der Waals surface area contributed by atoms with Crippen molar-refractivity contribution in [2.24, 2.45) is 0 Å². The number of carbonyl (C=O) groups is 1. The SMILES string of the molecule is CC(C)(C)N1CCN(c2ccccc2/C=C2/SCCN(c3ccc(Cl)c(Cl)c3)C2=O)CC1. The van der Waals surface area contributed by atoms with E-state index in [-0.39, 0.29) is 11.4 Å². The van der Waals surface area contributed by atoms with Crippen LogP contribution < -0.4 is 9.80 Å². The van der Waals surface area contributed by atoms with E-state index in [2.05, 4.69) is 48.8 Å². The Bertz CT molecular complexity index is 1030. The summed E-state index contributed by atoms with van der Waals surface area (Å²) in [6.45, 7) is 11.5. The van der Waals surface area contributed by atoms with Crippen LogP contribution in [0.1, 0.15) is 26.3 Å². The van der Waals surface area contributed by atoms with Gasteiger partial charge in [-0.1, -0.05) is 41.4 Å². The van der Waals surface area contributed by atoms with Gasteiger partial charge in [-0.25, -0.2) is 0 Å². The molecule has 2 aromatic rings. The molecule has 2 fully saturated rings. The fourth-order valence-corrected chi connectivity index (χ4v) is 5.43. The number of hydrogen-bond donors (Lipinski definition) is 0. The average molecular weight is 491 g/mol. The molecule has 2 aliphatic heterocycles. The molecule has 2 aliphatic rings. The Morgan fingerprint density at radius 2 is 1.66 bits per heavy atom. The summed E-state index contributed by atoms with van der Waals surface area (Å²) in [7, 11) is 0. The second kappa shape index (κ2) is 9.68. The van der Waals surface area contributed by atoms with Gasteiger partial charge in [0.1, 0.15) is 0 Å². The minimum Gasteiger partial charge on any atom is -0.368 e. The number of amides is 1. The van der Waals surface area contributed by atoms with Gasteiger partial charge in [-0.2, -0.15) is 0 Å². The lowest BCUT2D eigenvalue weighted by molar-refractivity contribution is -0.114. The van der Waals surface area contributed by atoms with Crippen molar-refractivity contribution in [3.8, 4) is 0 Å². The predicted octanol–water partition coefficient (Wildman–Crippen LogP) is 6.03. The molecule has 2 aromatic carbocycles. The van der Waals surface area contributed by atoms with E-state index in [9.17, 15) is 4.79 Å². The van der Waals surface area contributed by atoms with Gasteiger partial charge in [0.25, 0.3) is 5.91 Å². The van der Waals surface area contributed by atoms with Crippen molar-refractivity contribution < 1.29 is 4.79 Å². The second-order valence-electron chi connectivity index (χ2n) is 9.12. The highest BCUT2D eigenvalue weighted by molar-refractivity contribution is 8.04. The second-order valence-corrected chi connectivity index (χ2v) is 11.1. The van der Waals surface area contributed by atoms with E-state index in [0.717, 1.165) is 48.1 Å². The number of anilines is 2. The highest BCUT2D eigenvalue weighted by Gasteiger charge is 2.28. The number of halogens is 2. The number of carbonyl (C=O) groups excluding carboxylic acids is 1. The van der Waals surface area contributed by atoms with Gasteiger partial charge < -0.3 is 9.80 Å². The predicted molar refractivity (Wildman–Crippen MR) is 139 cm³/mol. The van der Waals surface area contributed by atoms with Crippen LogP contribution in [0.5, 0.6) is 0 Å². The van der Waals surface area contributed by atoms with Crippen LogP contribution >= 0.6 is 35.0 Å². The standard InChI is InChI=1S/C25H29Cl2N3OS/c1-25(2,3)29-12-10-28(11-13-29)22-7-5-4-6-18(22)16-23-24(31)30(14-15-32-23)19-8-9-20(26)21(27)17-19/h4-9,16-17H,10-15H2,1-3H3/b23-16+. The van der Waals surface area contributed by atoms with Crippen molar-refractivity contribution in [1.82, 2.24) is 4.90 Å². The van der Waals surface area contributed by atoms with E-state index in [1.54, 1.807) is 28.8 Å². The normalized spacial score (nSPS) is 19.7. The number of hydrogen-bond acceptors (Lipinski definition) is 4. The summed E-state index contributed by atoms with van der Waals surface area (Å²) in [6.07, 6.45) is 2.04. The van der Waals surface area contributed by atoms with E-state index in [4.69, 9.17) is 23.2 Å². The van der Waals surface area contributed by atoms with Crippen LogP contribution in [0.2, 0.25) is 10.0 Å². The van der Waals surface area contributed by atoms with E-state index in [0.29, 0.717) is 16.6 Å². The lowest BCUT2D eigenvalue weighted by Gasteiger charge is -2.43. The summed E-state index contributed by atoms with van der Waals surface area (Å²) in [5, 5.41) is 0.950. The molecule has 0 N–H and O–H groups in total. The highest BCUT2D eigenvalue weighted by Crippen LogP contribution is 2.34. The molecule has 0 atom stereocenters. The summed E-state index contributed by atoms with van der Waals surface area (Å²) >= 11 is 13.9. The Balaban J connectivity index is 1.56. The number of piperazine rings is 1. The third kappa shape index (κ3) is 5.12. The largest absolute Gasteiger partial charge is 0.368 e. The van der Waals surface area contributed by atoms with Gasteiger partial charge in [-0.15, -0.1) is 11.8 Å². The quantitative estimate of drug-likeness (QED) is 0.491. The monoisotopic (exact) mass is 489 g/mol. The zero-order chi connectivity index (χ0) is 22.9. The van der Waals surface area contributed by atoms with Gasteiger partial charge in [0, 0.05) is 55.4 Å². The molecular formula is C25H29Cl2N3OS. The Morgan fingerprint density at radius 1 is 0.938 bits per heavy atom. The van der Waals surface area contributed by atoms with Crippen molar-refractivity contribution in [3.63, 3.8) is 0 Å². The molecule has 4 rings (SSSR count). The topological polar surface area (TPSA) is 26.8 Å². The molecule has 0 aromatic heterocycles. The molecule has 0 spiro atoms. The van der Waals surface area contributed by atoms with Crippen molar-refractivity contribution in [2.45, 2.75) is 26.3 Å². The van der Waals surface area contributed by atoms with Crippen molar-refractivity contribution in [3.05, 3.63) is 63.0 Å². The number of benzene rings is 2. The number of rotatable bonds is 3. The van der Waals surface area contributed by atoms with Gasteiger partial charge in [-0.3, -0.25) is 9.69 Å². The summed E-state index contributed by atoms with van der Waals surface area (Å²) in [5.41, 5.74) is 3.24. The zero-order valence-corrected chi connectivity index (χ0v) is 21.1.